The van der Waals surface area contributed by atoms with Gasteiger partial charge in [-0.15, -0.1) is 0 Å². The number of thiocarbonyl (C=S) groups is 1. The van der Waals surface area contributed by atoms with Crippen molar-refractivity contribution < 1.29 is 9.59 Å². The first-order valence-corrected chi connectivity index (χ1v) is 9.39. The van der Waals surface area contributed by atoms with Crippen molar-refractivity contribution in [3.8, 4) is 0 Å². The molecule has 0 aliphatic rings. The third kappa shape index (κ3) is 8.12. The molecule has 1 atom stereocenters. The molecule has 0 aromatic heterocycles. The summed E-state index contributed by atoms with van der Waals surface area (Å²) in [5.74, 6) is -0.263. The lowest BCUT2D eigenvalue weighted by Gasteiger charge is -2.15. The van der Waals surface area contributed by atoms with Crippen LogP contribution >= 0.6 is 12.2 Å². The van der Waals surface area contributed by atoms with Crippen LogP contribution in [0.3, 0.4) is 0 Å². The lowest BCUT2D eigenvalue weighted by Crippen LogP contribution is -2.36. The Hall–Kier alpha value is -1.95. The summed E-state index contributed by atoms with van der Waals surface area (Å²) in [6.07, 6.45) is 5.48. The fourth-order valence-corrected chi connectivity index (χ4v) is 2.47. The zero-order valence-electron chi connectivity index (χ0n) is 15.4. The minimum Gasteiger partial charge on any atom is -0.350 e. The van der Waals surface area contributed by atoms with Gasteiger partial charge in [0.15, 0.2) is 5.11 Å². The molecule has 1 aromatic rings. The van der Waals surface area contributed by atoms with Gasteiger partial charge in [0.25, 0.3) is 5.91 Å². The molecule has 138 valence electrons. The molecule has 0 spiro atoms. The quantitative estimate of drug-likeness (QED) is 0.458. The van der Waals surface area contributed by atoms with Crippen LogP contribution in [0.1, 0.15) is 69.7 Å². The van der Waals surface area contributed by atoms with Gasteiger partial charge < -0.3 is 16.0 Å². The van der Waals surface area contributed by atoms with Crippen molar-refractivity contribution in [1.82, 2.24) is 10.6 Å². The third-order valence-corrected chi connectivity index (χ3v) is 4.12. The van der Waals surface area contributed by atoms with Crippen molar-refractivity contribution in [3.63, 3.8) is 0 Å². The number of unbranched alkanes of at least 4 members (excludes halogenated alkanes) is 3. The van der Waals surface area contributed by atoms with Crippen LogP contribution in [0.4, 0.5) is 5.69 Å². The van der Waals surface area contributed by atoms with Crippen LogP contribution in [-0.4, -0.2) is 23.0 Å². The van der Waals surface area contributed by atoms with E-state index >= 15 is 0 Å². The van der Waals surface area contributed by atoms with Gasteiger partial charge in [0, 0.05) is 12.5 Å². The topological polar surface area (TPSA) is 70.2 Å². The largest absolute Gasteiger partial charge is 0.350 e. The van der Waals surface area contributed by atoms with E-state index in [1.807, 2.05) is 19.9 Å². The average Bonchev–Trinajstić information content (AvgIpc) is 2.58. The second-order valence-corrected chi connectivity index (χ2v) is 6.55. The fourth-order valence-electron chi connectivity index (χ4n) is 2.25. The summed E-state index contributed by atoms with van der Waals surface area (Å²) in [4.78, 5) is 24.3. The summed E-state index contributed by atoms with van der Waals surface area (Å²) in [6, 6.07) is 7.21. The first-order valence-electron chi connectivity index (χ1n) is 8.98. The summed E-state index contributed by atoms with van der Waals surface area (Å²) in [5, 5.41) is 8.77. The van der Waals surface area contributed by atoms with Gasteiger partial charge in [-0.3, -0.25) is 9.59 Å². The van der Waals surface area contributed by atoms with Gasteiger partial charge in [-0.05, 0) is 44.1 Å². The Morgan fingerprint density at radius 2 is 1.84 bits per heavy atom. The number of carbonyl (C=O) groups excluding carboxylic acids is 2. The van der Waals surface area contributed by atoms with Crippen molar-refractivity contribution in [2.24, 2.45) is 0 Å². The molecule has 0 saturated heterocycles. The van der Waals surface area contributed by atoms with Crippen molar-refractivity contribution in [2.45, 2.75) is 65.3 Å². The Labute approximate surface area is 156 Å². The molecule has 1 rings (SSSR count). The van der Waals surface area contributed by atoms with E-state index in [0.29, 0.717) is 17.7 Å². The number of anilines is 1. The Morgan fingerprint density at radius 1 is 1.12 bits per heavy atom. The first-order chi connectivity index (χ1) is 12.0. The van der Waals surface area contributed by atoms with E-state index in [1.165, 1.54) is 0 Å². The number of para-hydroxylation sites is 1. The van der Waals surface area contributed by atoms with E-state index < -0.39 is 0 Å². The highest BCUT2D eigenvalue weighted by Crippen LogP contribution is 2.15. The molecule has 25 heavy (non-hydrogen) atoms. The molecule has 1 unspecified atom stereocenters. The Kier molecular flexibility index (Phi) is 9.77. The highest BCUT2D eigenvalue weighted by atomic mass is 32.1. The maximum Gasteiger partial charge on any atom is 0.253 e. The van der Waals surface area contributed by atoms with Crippen LogP contribution in [-0.2, 0) is 4.79 Å². The number of rotatable bonds is 9. The second kappa shape index (κ2) is 11.6. The number of nitrogens with one attached hydrogen (secondary N) is 3. The summed E-state index contributed by atoms with van der Waals surface area (Å²) >= 11 is 5.20. The van der Waals surface area contributed by atoms with Gasteiger partial charge in [-0.1, -0.05) is 45.2 Å². The van der Waals surface area contributed by atoms with Gasteiger partial charge in [0.2, 0.25) is 5.91 Å². The molecule has 0 bridgehead atoms. The van der Waals surface area contributed by atoms with Gasteiger partial charge in [0.05, 0.1) is 11.3 Å². The molecule has 2 amide bonds. The zero-order valence-corrected chi connectivity index (χ0v) is 16.2. The van der Waals surface area contributed by atoms with Gasteiger partial charge in [-0.25, -0.2) is 0 Å². The van der Waals surface area contributed by atoms with E-state index in [9.17, 15) is 9.59 Å². The van der Waals surface area contributed by atoms with Crippen LogP contribution < -0.4 is 16.0 Å². The SMILES string of the molecule is CCCCCCC(=O)NC(=S)Nc1ccccc1C(=O)NC(C)CC. The monoisotopic (exact) mass is 363 g/mol. The molecule has 1 aromatic carbocycles. The van der Waals surface area contributed by atoms with E-state index in [4.69, 9.17) is 12.2 Å². The Bertz CT molecular complexity index is 590. The highest BCUT2D eigenvalue weighted by molar-refractivity contribution is 7.80. The molecule has 0 heterocycles. The third-order valence-electron chi connectivity index (χ3n) is 3.92. The van der Waals surface area contributed by atoms with Crippen molar-refractivity contribution >= 4 is 34.8 Å². The second-order valence-electron chi connectivity index (χ2n) is 6.14. The number of carbonyl (C=O) groups is 2. The lowest BCUT2D eigenvalue weighted by molar-refractivity contribution is -0.119. The van der Waals surface area contributed by atoms with E-state index in [-0.39, 0.29) is 23.0 Å². The molecule has 0 radical (unpaired) electrons. The van der Waals surface area contributed by atoms with E-state index in [0.717, 1.165) is 32.1 Å². The molecule has 5 nitrogen and oxygen atoms in total. The zero-order chi connectivity index (χ0) is 18.7. The number of amides is 2. The minimum absolute atomic E-state index is 0.0929. The standard InChI is InChI=1S/C19H29N3O2S/c1-4-6-7-8-13-17(23)22-19(25)21-16-12-10-9-11-15(16)18(24)20-14(3)5-2/h9-12,14H,4-8,13H2,1-3H3,(H,20,24)(H2,21,22,23,25). The smallest absolute Gasteiger partial charge is 0.253 e. The Balaban J connectivity index is 2.59. The Morgan fingerprint density at radius 3 is 2.52 bits per heavy atom. The predicted molar refractivity (Wildman–Crippen MR) is 107 cm³/mol. The van der Waals surface area contributed by atoms with Crippen molar-refractivity contribution in [3.05, 3.63) is 29.8 Å². The fraction of sp³-hybridized carbons (Fsp3) is 0.526. The molecule has 0 aliphatic carbocycles. The number of hydrogen-bond donors (Lipinski definition) is 3. The molecule has 3 N–H and O–H groups in total. The normalized spacial score (nSPS) is 11.5. The summed E-state index contributed by atoms with van der Waals surface area (Å²) < 4.78 is 0. The highest BCUT2D eigenvalue weighted by Gasteiger charge is 2.14. The molecule has 0 fully saturated rings. The maximum atomic E-state index is 12.4. The first kappa shape index (κ1) is 21.1. The average molecular weight is 364 g/mol. The van der Waals surface area contributed by atoms with Crippen LogP contribution in [0.2, 0.25) is 0 Å². The van der Waals surface area contributed by atoms with Crippen LogP contribution in [0.5, 0.6) is 0 Å². The molecular formula is C19H29N3O2S. The summed E-state index contributed by atoms with van der Waals surface area (Å²) in [5.41, 5.74) is 1.09. The van der Waals surface area contributed by atoms with Crippen LogP contribution in [0.15, 0.2) is 24.3 Å². The molecular weight excluding hydrogens is 334 g/mol. The van der Waals surface area contributed by atoms with E-state index in [1.54, 1.807) is 18.2 Å². The van der Waals surface area contributed by atoms with Crippen LogP contribution in [0, 0.1) is 0 Å². The number of hydrogen-bond acceptors (Lipinski definition) is 3. The maximum absolute atomic E-state index is 12.4. The minimum atomic E-state index is -0.161. The van der Waals surface area contributed by atoms with Gasteiger partial charge in [-0.2, -0.15) is 0 Å². The molecule has 0 saturated carbocycles. The van der Waals surface area contributed by atoms with Crippen molar-refractivity contribution in [1.29, 1.82) is 0 Å². The predicted octanol–water partition coefficient (Wildman–Crippen LogP) is 4.00. The van der Waals surface area contributed by atoms with E-state index in [2.05, 4.69) is 22.9 Å². The lowest BCUT2D eigenvalue weighted by atomic mass is 10.1. The molecule has 6 heteroatoms. The number of benzene rings is 1. The van der Waals surface area contributed by atoms with Crippen molar-refractivity contribution in [2.75, 3.05) is 5.32 Å². The van der Waals surface area contributed by atoms with Crippen LogP contribution in [0.25, 0.3) is 0 Å². The van der Waals surface area contributed by atoms with Gasteiger partial charge >= 0.3 is 0 Å². The summed E-state index contributed by atoms with van der Waals surface area (Å²) in [6.45, 7) is 6.10. The molecule has 0 aliphatic heterocycles. The van der Waals surface area contributed by atoms with Gasteiger partial charge in [0.1, 0.15) is 0 Å². The summed E-state index contributed by atoms with van der Waals surface area (Å²) in [7, 11) is 0.